The monoisotopic (exact) mass is 615 g/mol. The van der Waals surface area contributed by atoms with Gasteiger partial charge in [0.05, 0.1) is 28.6 Å². The highest BCUT2D eigenvalue weighted by molar-refractivity contribution is 7.91. The summed E-state index contributed by atoms with van der Waals surface area (Å²) >= 11 is 0. The van der Waals surface area contributed by atoms with Gasteiger partial charge in [-0.2, -0.15) is 5.10 Å². The van der Waals surface area contributed by atoms with Crippen LogP contribution in [0.1, 0.15) is 55.7 Å². The summed E-state index contributed by atoms with van der Waals surface area (Å²) in [6.07, 6.45) is 1.47. The summed E-state index contributed by atoms with van der Waals surface area (Å²) in [4.78, 5) is 13.6. The highest BCUT2D eigenvalue weighted by Gasteiger charge is 2.37. The second-order valence-corrected chi connectivity index (χ2v) is 14.4. The smallest absolute Gasteiger partial charge is 0.324 e. The Hall–Kier alpha value is -4.15. The van der Waals surface area contributed by atoms with E-state index in [2.05, 4.69) is 36.7 Å². The Morgan fingerprint density at radius 3 is 2.30 bits per heavy atom. The Kier molecular flexibility index (Phi) is 9.12. The van der Waals surface area contributed by atoms with Crippen LogP contribution in [0.4, 0.5) is 16.3 Å². The van der Waals surface area contributed by atoms with Crippen LogP contribution < -0.4 is 20.7 Å². The van der Waals surface area contributed by atoms with Gasteiger partial charge >= 0.3 is 6.03 Å². The molecule has 9 nitrogen and oxygen atoms in total. The lowest BCUT2D eigenvalue weighted by Crippen LogP contribution is -2.33. The van der Waals surface area contributed by atoms with E-state index < -0.39 is 21.1 Å². The van der Waals surface area contributed by atoms with Gasteiger partial charge in [0, 0.05) is 17.2 Å². The molecule has 0 radical (unpaired) electrons. The number of carbonyl (C=O) groups excluding carboxylic acids is 1. The Labute approximate surface area is 259 Å². The summed E-state index contributed by atoms with van der Waals surface area (Å²) in [7, 11) is -2.20. The summed E-state index contributed by atoms with van der Waals surface area (Å²) in [5, 5.41) is 13.2. The van der Waals surface area contributed by atoms with E-state index in [1.54, 1.807) is 54.3 Å². The molecule has 0 bridgehead atoms. The zero-order valence-electron chi connectivity index (χ0n) is 25.9. The van der Waals surface area contributed by atoms with Gasteiger partial charge in [-0.1, -0.05) is 50.6 Å². The molecule has 1 aromatic heterocycles. The number of sulfone groups is 1. The maximum atomic E-state index is 14.1. The average Bonchev–Trinajstić information content (AvgIpc) is 3.42. The van der Waals surface area contributed by atoms with Crippen molar-refractivity contribution in [1.82, 2.24) is 15.1 Å². The number of nitrogens with one attached hydrogen (secondary N) is 3. The normalized spacial score (nSPS) is 15.0. The minimum absolute atomic E-state index is 0.0768. The highest BCUT2D eigenvalue weighted by atomic mass is 32.2. The first-order valence-electron chi connectivity index (χ1n) is 14.9. The minimum Gasteiger partial charge on any atom is -0.497 e. The van der Waals surface area contributed by atoms with Crippen molar-refractivity contribution < 1.29 is 17.9 Å². The summed E-state index contributed by atoms with van der Waals surface area (Å²) < 4.78 is 35.2. The Bertz CT molecular complexity index is 1700. The predicted molar refractivity (Wildman–Crippen MR) is 175 cm³/mol. The van der Waals surface area contributed by atoms with Crippen LogP contribution in [0.15, 0.2) is 83.8 Å². The lowest BCUT2D eigenvalue weighted by molar-refractivity contribution is 0.262. The molecule has 4 aromatic rings. The number of aryl methyl sites for hydroxylation is 1. The van der Waals surface area contributed by atoms with Crippen molar-refractivity contribution in [2.45, 2.75) is 56.1 Å². The molecule has 1 atom stereocenters. The predicted octanol–water partition coefficient (Wildman–Crippen LogP) is 6.65. The number of amides is 2. The van der Waals surface area contributed by atoms with E-state index in [4.69, 9.17) is 9.84 Å². The van der Waals surface area contributed by atoms with Crippen LogP contribution in [-0.4, -0.2) is 44.4 Å². The number of methoxy groups -OCH3 is 1. The van der Waals surface area contributed by atoms with Crippen molar-refractivity contribution in [2.75, 3.05) is 30.8 Å². The molecule has 1 aliphatic heterocycles. The minimum atomic E-state index is -3.75. The molecule has 1 aliphatic rings. The molecule has 3 N–H and O–H groups in total. The molecule has 10 heteroatoms. The number of piperidine rings is 1. The molecule has 0 aliphatic carbocycles. The number of urea groups is 1. The molecule has 2 heterocycles. The van der Waals surface area contributed by atoms with E-state index in [0.717, 1.165) is 42.9 Å². The molecule has 2 amide bonds. The fourth-order valence-corrected chi connectivity index (χ4v) is 7.65. The van der Waals surface area contributed by atoms with Gasteiger partial charge in [0.1, 0.15) is 11.6 Å². The van der Waals surface area contributed by atoms with Crippen LogP contribution >= 0.6 is 0 Å². The van der Waals surface area contributed by atoms with Gasteiger partial charge in [-0.25, -0.2) is 17.9 Å². The first kappa shape index (κ1) is 31.3. The summed E-state index contributed by atoms with van der Waals surface area (Å²) in [6.45, 7) is 9.75. The Balaban J connectivity index is 1.43. The van der Waals surface area contributed by atoms with Crippen molar-refractivity contribution in [3.8, 4) is 11.4 Å². The number of hydrogen-bond acceptors (Lipinski definition) is 6. The average molecular weight is 616 g/mol. The molecular weight excluding hydrogens is 574 g/mol. The molecule has 44 heavy (non-hydrogen) atoms. The van der Waals surface area contributed by atoms with Crippen molar-refractivity contribution >= 4 is 27.4 Å². The molecule has 232 valence electrons. The Morgan fingerprint density at radius 1 is 0.977 bits per heavy atom. The summed E-state index contributed by atoms with van der Waals surface area (Å²) in [6, 6.07) is 23.0. The quantitative estimate of drug-likeness (QED) is 0.205. The van der Waals surface area contributed by atoms with E-state index in [9.17, 15) is 13.2 Å². The van der Waals surface area contributed by atoms with E-state index >= 15 is 0 Å². The largest absolute Gasteiger partial charge is 0.497 e. The molecule has 3 aromatic carbocycles. The van der Waals surface area contributed by atoms with Crippen LogP contribution in [0, 0.1) is 12.8 Å². The summed E-state index contributed by atoms with van der Waals surface area (Å²) in [5.74, 6) is 1.05. The van der Waals surface area contributed by atoms with E-state index in [0.29, 0.717) is 22.8 Å². The second-order valence-electron chi connectivity index (χ2n) is 12.3. The van der Waals surface area contributed by atoms with Gasteiger partial charge in [0.25, 0.3) is 0 Å². The third-order valence-corrected chi connectivity index (χ3v) is 10.3. The Morgan fingerprint density at radius 2 is 1.66 bits per heavy atom. The van der Waals surface area contributed by atoms with Gasteiger partial charge in [0.2, 0.25) is 0 Å². The van der Waals surface area contributed by atoms with Crippen molar-refractivity contribution in [3.05, 3.63) is 95.7 Å². The lowest BCUT2D eigenvalue weighted by Gasteiger charge is -2.31. The number of benzene rings is 3. The van der Waals surface area contributed by atoms with Crippen LogP contribution in [0.2, 0.25) is 0 Å². The number of rotatable bonds is 8. The van der Waals surface area contributed by atoms with E-state index in [1.165, 1.54) is 0 Å². The molecule has 0 spiro atoms. The SMILES string of the molecule is COc1ccc(S(=O)(=O)C(c2cccc(NC(=O)Nc3cc(C(C)(C)C)nn3-c3ccc(C)cc3)c2)C2CCNCC2)cc1. The van der Waals surface area contributed by atoms with Crippen LogP contribution in [-0.2, 0) is 15.3 Å². The fourth-order valence-electron chi connectivity index (χ4n) is 5.56. The zero-order valence-corrected chi connectivity index (χ0v) is 26.7. The van der Waals surface area contributed by atoms with Gasteiger partial charge < -0.3 is 15.4 Å². The van der Waals surface area contributed by atoms with Gasteiger partial charge in [-0.05, 0) is 92.9 Å². The maximum absolute atomic E-state index is 14.1. The van der Waals surface area contributed by atoms with Crippen molar-refractivity contribution in [2.24, 2.45) is 5.92 Å². The fraction of sp³-hybridized carbons (Fsp3) is 0.353. The molecule has 1 fully saturated rings. The number of carbonyl (C=O) groups is 1. The molecule has 1 unspecified atom stereocenters. The molecule has 1 saturated heterocycles. The number of hydrogen-bond donors (Lipinski definition) is 3. The third kappa shape index (κ3) is 6.97. The number of nitrogens with zero attached hydrogens (tertiary/aromatic N) is 2. The molecule has 0 saturated carbocycles. The van der Waals surface area contributed by atoms with Gasteiger partial charge in [-0.15, -0.1) is 0 Å². The molecular formula is C34H41N5O4S. The second kappa shape index (κ2) is 12.8. The van der Waals surface area contributed by atoms with Crippen LogP contribution in [0.25, 0.3) is 5.69 Å². The van der Waals surface area contributed by atoms with Gasteiger partial charge in [-0.3, -0.25) is 5.32 Å². The standard InChI is InChI=1S/C34H41N5O4S/c1-23-9-11-27(12-10-23)39-31(22-30(38-39)34(2,3)4)37-33(40)36-26-8-6-7-25(21-26)32(24-17-19-35-20-18-24)44(41,42)29-15-13-28(43-5)14-16-29/h6-16,21-22,24,32,35H,17-20H2,1-5H3,(H2,36,37,40). The van der Waals surface area contributed by atoms with Crippen molar-refractivity contribution in [1.29, 1.82) is 0 Å². The first-order chi connectivity index (χ1) is 21.0. The summed E-state index contributed by atoms with van der Waals surface area (Å²) in [5.41, 5.74) is 3.71. The number of ether oxygens (including phenoxy) is 1. The van der Waals surface area contributed by atoms with E-state index in [1.807, 2.05) is 43.3 Å². The van der Waals surface area contributed by atoms with Crippen LogP contribution in [0.3, 0.4) is 0 Å². The lowest BCUT2D eigenvalue weighted by atomic mass is 9.90. The highest BCUT2D eigenvalue weighted by Crippen LogP contribution is 2.40. The zero-order chi connectivity index (χ0) is 31.5. The van der Waals surface area contributed by atoms with Gasteiger partial charge in [0.15, 0.2) is 9.84 Å². The third-order valence-electron chi connectivity index (χ3n) is 8.01. The number of aromatic nitrogens is 2. The van der Waals surface area contributed by atoms with Crippen molar-refractivity contribution in [3.63, 3.8) is 0 Å². The van der Waals surface area contributed by atoms with Crippen LogP contribution in [0.5, 0.6) is 5.75 Å². The first-order valence-corrected chi connectivity index (χ1v) is 16.4. The maximum Gasteiger partial charge on any atom is 0.324 e. The topological polar surface area (TPSA) is 114 Å². The van der Waals surface area contributed by atoms with E-state index in [-0.39, 0.29) is 16.2 Å². The number of anilines is 2. The molecule has 5 rings (SSSR count).